The van der Waals surface area contributed by atoms with Crippen LogP contribution < -0.4 is 15.0 Å². The number of aromatic nitrogens is 2. The minimum absolute atomic E-state index is 0.00410. The Bertz CT molecular complexity index is 806. The normalized spacial score (nSPS) is 20.7. The molecule has 0 spiro atoms. The zero-order valence-corrected chi connectivity index (χ0v) is 15.0. The Hall–Kier alpha value is -0.890. The predicted molar refractivity (Wildman–Crippen MR) is 91.3 cm³/mol. The van der Waals surface area contributed by atoms with Crippen molar-refractivity contribution >= 4 is 55.9 Å². The molecule has 2 aliphatic heterocycles. The van der Waals surface area contributed by atoms with Crippen LogP contribution in [0.4, 0.5) is 10.2 Å². The van der Waals surface area contributed by atoms with Crippen molar-refractivity contribution in [3.63, 3.8) is 0 Å². The van der Waals surface area contributed by atoms with Crippen LogP contribution in [0.15, 0.2) is 4.47 Å². The molecule has 0 saturated carbocycles. The molecule has 1 atom stereocenters. The highest BCUT2D eigenvalue weighted by molar-refractivity contribution is 9.10. The van der Waals surface area contributed by atoms with E-state index in [2.05, 4.69) is 36.1 Å². The van der Waals surface area contributed by atoms with Gasteiger partial charge < -0.3 is 15.0 Å². The summed E-state index contributed by atoms with van der Waals surface area (Å²) >= 11 is 15.5. The van der Waals surface area contributed by atoms with Gasteiger partial charge in [-0.3, -0.25) is 0 Å². The summed E-state index contributed by atoms with van der Waals surface area (Å²) < 4.78 is 20.6. The summed E-state index contributed by atoms with van der Waals surface area (Å²) in [7, 11) is 0. The molecule has 1 aromatic heterocycles. The second-order valence-electron chi connectivity index (χ2n) is 5.50. The number of nitrogens with zero attached hydrogens (tertiary/aromatic N) is 3. The SMILES string of the molecule is Fc1c(Br)c(Cl)c2c3c(nc(Cl)nc13)N1CCNC[C@@H]1CCO2. The van der Waals surface area contributed by atoms with Gasteiger partial charge >= 0.3 is 0 Å². The van der Waals surface area contributed by atoms with Gasteiger partial charge in [-0.1, -0.05) is 11.6 Å². The molecular weight excluding hydrogens is 410 g/mol. The Labute approximate surface area is 150 Å². The van der Waals surface area contributed by atoms with E-state index in [0.717, 1.165) is 26.1 Å². The lowest BCUT2D eigenvalue weighted by atomic mass is 10.1. The van der Waals surface area contributed by atoms with E-state index in [1.54, 1.807) is 0 Å². The van der Waals surface area contributed by atoms with Gasteiger partial charge in [0.15, 0.2) is 11.6 Å². The summed E-state index contributed by atoms with van der Waals surface area (Å²) in [5, 5.41) is 4.03. The van der Waals surface area contributed by atoms with E-state index in [0.29, 0.717) is 23.6 Å². The zero-order chi connectivity index (χ0) is 16.1. The van der Waals surface area contributed by atoms with E-state index < -0.39 is 5.82 Å². The first-order valence-electron chi connectivity index (χ1n) is 7.21. The van der Waals surface area contributed by atoms with Gasteiger partial charge in [-0.2, -0.15) is 4.98 Å². The van der Waals surface area contributed by atoms with Gasteiger partial charge in [-0.05, 0) is 27.5 Å². The van der Waals surface area contributed by atoms with E-state index >= 15 is 0 Å². The zero-order valence-electron chi connectivity index (χ0n) is 11.9. The molecule has 1 saturated heterocycles. The summed E-state index contributed by atoms with van der Waals surface area (Å²) in [5.41, 5.74) is 0.116. The van der Waals surface area contributed by atoms with Crippen LogP contribution in [-0.2, 0) is 0 Å². The third-order valence-electron chi connectivity index (χ3n) is 4.20. The van der Waals surface area contributed by atoms with Crippen molar-refractivity contribution in [1.29, 1.82) is 0 Å². The molecule has 2 aliphatic rings. The highest BCUT2D eigenvalue weighted by atomic mass is 79.9. The van der Waals surface area contributed by atoms with Crippen LogP contribution in [0.25, 0.3) is 10.9 Å². The number of hydrogen-bond acceptors (Lipinski definition) is 5. The van der Waals surface area contributed by atoms with Gasteiger partial charge in [-0.25, -0.2) is 9.37 Å². The lowest BCUT2D eigenvalue weighted by Gasteiger charge is -2.39. The predicted octanol–water partition coefficient (Wildman–Crippen LogP) is 3.40. The van der Waals surface area contributed by atoms with Crippen LogP contribution in [-0.4, -0.2) is 42.3 Å². The van der Waals surface area contributed by atoms with Crippen molar-refractivity contribution in [2.75, 3.05) is 31.1 Å². The van der Waals surface area contributed by atoms with Crippen LogP contribution in [0.3, 0.4) is 0 Å². The summed E-state index contributed by atoms with van der Waals surface area (Å²) in [6.07, 6.45) is 0.806. The molecule has 1 N–H and O–H groups in total. The highest BCUT2D eigenvalue weighted by Gasteiger charge is 2.32. The monoisotopic (exact) mass is 420 g/mol. The second kappa shape index (κ2) is 5.88. The number of piperazine rings is 1. The van der Waals surface area contributed by atoms with Gasteiger partial charge in [0.05, 0.1) is 16.5 Å². The number of hydrogen-bond donors (Lipinski definition) is 1. The Morgan fingerprint density at radius 2 is 2.17 bits per heavy atom. The topological polar surface area (TPSA) is 50.3 Å². The lowest BCUT2D eigenvalue weighted by molar-refractivity contribution is 0.284. The Kier molecular flexibility index (Phi) is 3.99. The van der Waals surface area contributed by atoms with Gasteiger partial charge in [0, 0.05) is 32.1 Å². The fourth-order valence-electron chi connectivity index (χ4n) is 3.14. The molecule has 0 unspecified atom stereocenters. The summed E-state index contributed by atoms with van der Waals surface area (Å²) in [6.45, 7) is 2.87. The molecule has 3 heterocycles. The van der Waals surface area contributed by atoms with E-state index in [4.69, 9.17) is 27.9 Å². The number of benzene rings is 1. The van der Waals surface area contributed by atoms with Crippen molar-refractivity contribution in [1.82, 2.24) is 15.3 Å². The van der Waals surface area contributed by atoms with Crippen molar-refractivity contribution in [3.05, 3.63) is 20.6 Å². The first-order chi connectivity index (χ1) is 11.1. The minimum atomic E-state index is -0.560. The number of nitrogens with one attached hydrogen (secondary N) is 1. The Morgan fingerprint density at radius 1 is 1.35 bits per heavy atom. The number of ether oxygens (including phenoxy) is 1. The molecule has 1 fully saturated rings. The average molecular weight is 422 g/mol. The van der Waals surface area contributed by atoms with Crippen LogP contribution in [0, 0.1) is 5.82 Å². The average Bonchev–Trinajstić information content (AvgIpc) is 2.54. The lowest BCUT2D eigenvalue weighted by Crippen LogP contribution is -2.52. The molecule has 23 heavy (non-hydrogen) atoms. The van der Waals surface area contributed by atoms with Crippen molar-refractivity contribution in [2.45, 2.75) is 12.5 Å². The molecule has 2 aromatic rings. The summed E-state index contributed by atoms with van der Waals surface area (Å²) in [4.78, 5) is 10.6. The third-order valence-corrected chi connectivity index (χ3v) is 5.70. The largest absolute Gasteiger partial charge is 0.491 e. The molecule has 4 rings (SSSR count). The van der Waals surface area contributed by atoms with Crippen LogP contribution in [0.2, 0.25) is 10.3 Å². The van der Waals surface area contributed by atoms with Crippen LogP contribution in [0.1, 0.15) is 6.42 Å². The maximum atomic E-state index is 14.7. The fourth-order valence-corrected chi connectivity index (χ4v) is 3.90. The standard InChI is InChI=1S/C14H12BrCl2FN4O/c15-8-9(16)12-7-11(10(8)18)20-14(17)21-13(7)22-3-2-19-5-6(22)1-4-23-12/h6,19H,1-5H2/t6-/m0/s1. The molecule has 122 valence electrons. The molecule has 1 aromatic carbocycles. The highest BCUT2D eigenvalue weighted by Crippen LogP contribution is 2.46. The fraction of sp³-hybridized carbons (Fsp3) is 0.429. The quantitative estimate of drug-likeness (QED) is 0.521. The molecule has 0 aliphatic carbocycles. The van der Waals surface area contributed by atoms with Gasteiger partial charge in [0.1, 0.15) is 16.4 Å². The second-order valence-corrected chi connectivity index (χ2v) is 7.01. The van der Waals surface area contributed by atoms with Crippen molar-refractivity contribution in [2.24, 2.45) is 0 Å². The maximum Gasteiger partial charge on any atom is 0.225 e. The molecular formula is C14H12BrCl2FN4O. The van der Waals surface area contributed by atoms with Crippen molar-refractivity contribution < 1.29 is 9.13 Å². The van der Waals surface area contributed by atoms with Gasteiger partial charge in [0.25, 0.3) is 0 Å². The van der Waals surface area contributed by atoms with E-state index in [1.807, 2.05) is 0 Å². The smallest absolute Gasteiger partial charge is 0.225 e. The molecule has 5 nitrogen and oxygen atoms in total. The van der Waals surface area contributed by atoms with Crippen LogP contribution >= 0.6 is 39.1 Å². The first kappa shape index (κ1) is 15.6. The van der Waals surface area contributed by atoms with Crippen LogP contribution in [0.5, 0.6) is 5.75 Å². The molecule has 0 radical (unpaired) electrons. The van der Waals surface area contributed by atoms with E-state index in [9.17, 15) is 4.39 Å². The number of anilines is 1. The van der Waals surface area contributed by atoms with Gasteiger partial charge in [-0.15, -0.1) is 0 Å². The summed E-state index contributed by atoms with van der Waals surface area (Å²) in [6, 6.07) is 0.205. The van der Waals surface area contributed by atoms with E-state index in [1.165, 1.54) is 0 Å². The number of fused-ring (bicyclic) bond motifs is 2. The molecule has 0 amide bonds. The number of halogens is 4. The van der Waals surface area contributed by atoms with Crippen molar-refractivity contribution in [3.8, 4) is 5.75 Å². The number of rotatable bonds is 0. The molecule has 0 bridgehead atoms. The Morgan fingerprint density at radius 3 is 3.00 bits per heavy atom. The van der Waals surface area contributed by atoms with E-state index in [-0.39, 0.29) is 26.3 Å². The first-order valence-corrected chi connectivity index (χ1v) is 8.76. The van der Waals surface area contributed by atoms with Gasteiger partial charge in [0.2, 0.25) is 5.28 Å². The Balaban J connectivity index is 2.09. The maximum absolute atomic E-state index is 14.7. The molecule has 9 heteroatoms. The minimum Gasteiger partial charge on any atom is -0.491 e. The third kappa shape index (κ3) is 2.45. The summed E-state index contributed by atoms with van der Waals surface area (Å²) in [5.74, 6) is 0.420.